The molecule has 0 spiro atoms. The van der Waals surface area contributed by atoms with Crippen molar-refractivity contribution in [2.45, 2.75) is 64.8 Å². The molecule has 43 heavy (non-hydrogen) atoms. The van der Waals surface area contributed by atoms with Gasteiger partial charge in [-0.2, -0.15) is 0 Å². The molecule has 2 fully saturated rings. The number of amides is 3. The first-order chi connectivity index (χ1) is 20.5. The van der Waals surface area contributed by atoms with Gasteiger partial charge in [0.2, 0.25) is 0 Å². The second-order valence-electron chi connectivity index (χ2n) is 12.1. The Kier molecular flexibility index (Phi) is 11.2. The molecule has 11 heteroatoms. The number of piperazine rings is 1. The highest BCUT2D eigenvalue weighted by Gasteiger charge is 2.29. The highest BCUT2D eigenvalue weighted by molar-refractivity contribution is 5.93. The van der Waals surface area contributed by atoms with Crippen LogP contribution >= 0.6 is 0 Å². The van der Waals surface area contributed by atoms with E-state index in [-0.39, 0.29) is 30.4 Å². The number of anilines is 1. The summed E-state index contributed by atoms with van der Waals surface area (Å²) in [6.45, 7) is 9.50. The van der Waals surface area contributed by atoms with Gasteiger partial charge in [0.25, 0.3) is 0 Å². The molecule has 0 unspecified atom stereocenters. The number of benzene rings is 1. The number of rotatable bonds is 4. The standard InChI is InChI=1S/C32H45FN4O6/c1-21-6-8-27(38)20-29(39)43-30(22(2)7-9-28(21)42-32(41)36-14-12-35(4)13-15-36)23(3)16-24-17-25(33)19-26(18-24)37-11-5-10-34-31(37)40/h7,9,16-19,21-22,27-28,30,38H,5-6,8,10-15,20H2,1-4H3,(H,34,40)/b9-7+,23-16+/t21-,22-,27+,28+,30-/m0/s1. The number of carbonyl (C=O) groups is 3. The molecular formula is C32H45FN4O6. The van der Waals surface area contributed by atoms with Crippen LogP contribution in [0.1, 0.15) is 52.0 Å². The van der Waals surface area contributed by atoms with Crippen molar-refractivity contribution in [3.8, 4) is 0 Å². The predicted octanol–water partition coefficient (Wildman–Crippen LogP) is 4.19. The summed E-state index contributed by atoms with van der Waals surface area (Å²) in [5, 5.41) is 13.4. The molecule has 0 aliphatic carbocycles. The molecule has 3 heterocycles. The second-order valence-corrected chi connectivity index (χ2v) is 12.1. The number of urea groups is 1. The minimum Gasteiger partial charge on any atom is -0.457 e. The van der Waals surface area contributed by atoms with Gasteiger partial charge in [-0.3, -0.25) is 9.69 Å². The van der Waals surface area contributed by atoms with Crippen molar-refractivity contribution in [2.75, 3.05) is 51.2 Å². The maximum atomic E-state index is 14.7. The number of aliphatic hydroxyl groups is 1. The lowest BCUT2D eigenvalue weighted by Crippen LogP contribution is -2.48. The Morgan fingerprint density at radius 1 is 1.09 bits per heavy atom. The van der Waals surface area contributed by atoms with Crippen LogP contribution in [0.3, 0.4) is 0 Å². The highest BCUT2D eigenvalue weighted by atomic mass is 19.1. The fraction of sp³-hybridized carbons (Fsp3) is 0.594. The summed E-state index contributed by atoms with van der Waals surface area (Å²) in [6, 6.07) is 4.15. The molecule has 4 rings (SSSR count). The lowest BCUT2D eigenvalue weighted by Gasteiger charge is -2.33. The van der Waals surface area contributed by atoms with Gasteiger partial charge in [-0.1, -0.05) is 26.0 Å². The summed E-state index contributed by atoms with van der Waals surface area (Å²) in [7, 11) is 2.02. The van der Waals surface area contributed by atoms with Gasteiger partial charge in [-0.05, 0) is 74.6 Å². The Balaban J connectivity index is 1.57. The zero-order valence-corrected chi connectivity index (χ0v) is 25.6. The summed E-state index contributed by atoms with van der Waals surface area (Å²) >= 11 is 0. The molecule has 3 amide bonds. The van der Waals surface area contributed by atoms with Crippen LogP contribution in [-0.4, -0.2) is 97.6 Å². The smallest absolute Gasteiger partial charge is 0.410 e. The first kappa shape index (κ1) is 32.5. The number of esters is 1. The van der Waals surface area contributed by atoms with Crippen molar-refractivity contribution < 1.29 is 33.4 Å². The fourth-order valence-electron chi connectivity index (χ4n) is 5.69. The molecule has 2 saturated heterocycles. The van der Waals surface area contributed by atoms with Crippen LogP contribution in [0.25, 0.3) is 6.08 Å². The number of ether oxygens (including phenoxy) is 2. The molecular weight excluding hydrogens is 555 g/mol. The Hall–Kier alpha value is -3.44. The lowest BCUT2D eigenvalue weighted by molar-refractivity contribution is -0.151. The van der Waals surface area contributed by atoms with Crippen LogP contribution < -0.4 is 10.2 Å². The van der Waals surface area contributed by atoms with Crippen LogP contribution in [0.4, 0.5) is 19.7 Å². The molecule has 0 radical (unpaired) electrons. The zero-order valence-electron chi connectivity index (χ0n) is 25.6. The number of aliphatic hydroxyl groups excluding tert-OH is 1. The maximum Gasteiger partial charge on any atom is 0.410 e. The van der Waals surface area contributed by atoms with E-state index in [1.165, 1.54) is 17.0 Å². The summed E-state index contributed by atoms with van der Waals surface area (Å²) in [4.78, 5) is 43.6. The molecule has 3 aliphatic heterocycles. The number of likely N-dealkylation sites (N-methyl/N-ethyl adjacent to an activating group) is 1. The number of hydrogen-bond acceptors (Lipinski definition) is 7. The number of cyclic esters (lactones) is 1. The predicted molar refractivity (Wildman–Crippen MR) is 162 cm³/mol. The topological polar surface area (TPSA) is 112 Å². The van der Waals surface area contributed by atoms with Crippen LogP contribution in [-0.2, 0) is 14.3 Å². The first-order valence-electron chi connectivity index (χ1n) is 15.2. The van der Waals surface area contributed by atoms with Crippen LogP contribution in [0.5, 0.6) is 0 Å². The van der Waals surface area contributed by atoms with E-state index in [0.717, 1.165) is 19.5 Å². The minimum absolute atomic E-state index is 0.0854. The number of nitrogens with one attached hydrogen (secondary N) is 1. The van der Waals surface area contributed by atoms with Crippen molar-refractivity contribution in [2.24, 2.45) is 11.8 Å². The quantitative estimate of drug-likeness (QED) is 0.394. The number of halogens is 1. The summed E-state index contributed by atoms with van der Waals surface area (Å²) < 4.78 is 26.5. The van der Waals surface area contributed by atoms with Gasteiger partial charge in [-0.15, -0.1) is 0 Å². The summed E-state index contributed by atoms with van der Waals surface area (Å²) in [5.41, 5.74) is 1.63. The van der Waals surface area contributed by atoms with Gasteiger partial charge >= 0.3 is 18.1 Å². The maximum absolute atomic E-state index is 14.7. The van der Waals surface area contributed by atoms with Crippen molar-refractivity contribution in [3.63, 3.8) is 0 Å². The van der Waals surface area contributed by atoms with E-state index >= 15 is 0 Å². The van der Waals surface area contributed by atoms with E-state index in [0.29, 0.717) is 55.8 Å². The highest BCUT2D eigenvalue weighted by Crippen LogP contribution is 2.27. The van der Waals surface area contributed by atoms with E-state index in [9.17, 15) is 23.9 Å². The van der Waals surface area contributed by atoms with Gasteiger partial charge in [-0.25, -0.2) is 14.0 Å². The Bertz CT molecular complexity index is 1210. The molecule has 10 nitrogen and oxygen atoms in total. The molecule has 5 atom stereocenters. The average Bonchev–Trinajstić information content (AvgIpc) is 2.96. The number of carbonyl (C=O) groups excluding carboxylic acids is 3. The molecule has 2 N–H and O–H groups in total. The van der Waals surface area contributed by atoms with Crippen molar-refractivity contribution >= 4 is 29.9 Å². The van der Waals surface area contributed by atoms with Crippen molar-refractivity contribution in [1.29, 1.82) is 0 Å². The third kappa shape index (κ3) is 9.03. The van der Waals surface area contributed by atoms with E-state index in [2.05, 4.69) is 10.2 Å². The monoisotopic (exact) mass is 600 g/mol. The van der Waals surface area contributed by atoms with Crippen molar-refractivity contribution in [1.82, 2.24) is 15.1 Å². The van der Waals surface area contributed by atoms with Crippen LogP contribution in [0, 0.1) is 17.7 Å². The van der Waals surface area contributed by atoms with Gasteiger partial charge in [0.15, 0.2) is 0 Å². The molecule has 0 saturated carbocycles. The van der Waals surface area contributed by atoms with E-state index in [1.54, 1.807) is 24.0 Å². The molecule has 1 aromatic carbocycles. The Labute approximate surface area is 253 Å². The normalized spacial score (nSPS) is 29.2. The zero-order chi connectivity index (χ0) is 31.1. The minimum atomic E-state index is -0.894. The first-order valence-corrected chi connectivity index (χ1v) is 15.2. The van der Waals surface area contributed by atoms with E-state index in [4.69, 9.17) is 9.47 Å². The Morgan fingerprint density at radius 2 is 1.84 bits per heavy atom. The summed E-state index contributed by atoms with van der Waals surface area (Å²) in [5.74, 6) is -1.42. The Morgan fingerprint density at radius 3 is 2.56 bits per heavy atom. The van der Waals surface area contributed by atoms with Gasteiger partial charge in [0.05, 0.1) is 12.5 Å². The van der Waals surface area contributed by atoms with Gasteiger partial charge in [0.1, 0.15) is 18.0 Å². The average molecular weight is 601 g/mol. The third-order valence-electron chi connectivity index (χ3n) is 8.40. The molecule has 1 aromatic rings. The fourth-order valence-corrected chi connectivity index (χ4v) is 5.69. The molecule has 0 aromatic heterocycles. The SMILES string of the molecule is C/C(=C\c1cc(F)cc(N2CCCNC2=O)c1)[C@H]1OC(=O)C[C@H](O)CC[C@H](C)[C@H](OC(=O)N2CCN(C)CC2)/C=C/[C@@H]1C. The second kappa shape index (κ2) is 14.8. The van der Waals surface area contributed by atoms with Crippen LogP contribution in [0.15, 0.2) is 35.9 Å². The van der Waals surface area contributed by atoms with E-state index < -0.39 is 30.1 Å². The number of hydrogen-bond donors (Lipinski definition) is 2. The van der Waals surface area contributed by atoms with Crippen LogP contribution in [0.2, 0.25) is 0 Å². The third-order valence-corrected chi connectivity index (χ3v) is 8.40. The summed E-state index contributed by atoms with van der Waals surface area (Å²) in [6.07, 6.45) is 4.50. The lowest BCUT2D eigenvalue weighted by atomic mass is 9.91. The van der Waals surface area contributed by atoms with E-state index in [1.807, 2.05) is 33.0 Å². The van der Waals surface area contributed by atoms with Gasteiger partial charge < -0.3 is 29.7 Å². The number of nitrogens with zero attached hydrogens (tertiary/aromatic N) is 3. The molecule has 0 bridgehead atoms. The van der Waals surface area contributed by atoms with Crippen molar-refractivity contribution in [3.05, 3.63) is 47.3 Å². The largest absolute Gasteiger partial charge is 0.457 e. The molecule has 236 valence electrons. The molecule has 3 aliphatic rings. The van der Waals surface area contributed by atoms with Gasteiger partial charge in [0, 0.05) is 50.9 Å².